The summed E-state index contributed by atoms with van der Waals surface area (Å²) in [6, 6.07) is 16.0. The van der Waals surface area contributed by atoms with Crippen molar-refractivity contribution in [1.29, 1.82) is 0 Å². The van der Waals surface area contributed by atoms with E-state index in [9.17, 15) is 0 Å². The maximum atomic E-state index is 5.17. The molecule has 0 saturated carbocycles. The van der Waals surface area contributed by atoms with Gasteiger partial charge in [0.25, 0.3) is 0 Å². The molecule has 0 saturated heterocycles. The number of hydrogen-bond donors (Lipinski definition) is 3. The van der Waals surface area contributed by atoms with Crippen molar-refractivity contribution in [3.63, 3.8) is 0 Å². The Hall–Kier alpha value is -2.62. The third-order valence-electron chi connectivity index (χ3n) is 4.07. The van der Waals surface area contributed by atoms with Crippen LogP contribution in [0.4, 0.5) is 0 Å². The summed E-state index contributed by atoms with van der Waals surface area (Å²) in [6.07, 6.45) is 0. The van der Waals surface area contributed by atoms with Crippen molar-refractivity contribution in [3.8, 4) is 17.1 Å². The number of nitrogens with one attached hydrogen (secondary N) is 3. The van der Waals surface area contributed by atoms with Gasteiger partial charge in [0.05, 0.1) is 13.7 Å². The zero-order valence-corrected chi connectivity index (χ0v) is 18.5. The molecule has 7 nitrogen and oxygen atoms in total. The molecule has 2 aromatic carbocycles. The Morgan fingerprint density at radius 1 is 1.11 bits per heavy atom. The Balaban J connectivity index is 0.00000280. The first-order valence-corrected chi connectivity index (χ1v) is 8.73. The van der Waals surface area contributed by atoms with E-state index in [2.05, 4.69) is 62.0 Å². The molecule has 0 bridgehead atoms. The van der Waals surface area contributed by atoms with E-state index >= 15 is 0 Å². The standard InChI is InChI=1S/C20H24N6O.HI/c1-14-5-4-6-15(11-14)12-22-20(21-2)23-13-18-24-19(26-25-18)16-7-9-17(27-3)10-8-16;/h4-11H,12-13H2,1-3H3,(H2,21,22,23)(H,24,25,26);1H. The number of methoxy groups -OCH3 is 1. The zero-order valence-electron chi connectivity index (χ0n) is 16.2. The number of rotatable bonds is 6. The molecule has 0 aliphatic rings. The minimum Gasteiger partial charge on any atom is -0.497 e. The number of halogens is 1. The maximum Gasteiger partial charge on any atom is 0.191 e. The highest BCUT2D eigenvalue weighted by Crippen LogP contribution is 2.18. The molecule has 3 rings (SSSR count). The van der Waals surface area contributed by atoms with Crippen molar-refractivity contribution in [2.24, 2.45) is 4.99 Å². The minimum absolute atomic E-state index is 0. The molecule has 148 valence electrons. The molecule has 3 N–H and O–H groups in total. The molecule has 0 aliphatic carbocycles. The van der Waals surface area contributed by atoms with Crippen LogP contribution in [0, 0.1) is 6.92 Å². The van der Waals surface area contributed by atoms with E-state index in [1.807, 2.05) is 24.3 Å². The van der Waals surface area contributed by atoms with Crippen molar-refractivity contribution >= 4 is 29.9 Å². The fourth-order valence-corrected chi connectivity index (χ4v) is 2.64. The highest BCUT2D eigenvalue weighted by atomic mass is 127. The summed E-state index contributed by atoms with van der Waals surface area (Å²) in [7, 11) is 3.39. The average Bonchev–Trinajstić information content (AvgIpc) is 3.17. The minimum atomic E-state index is 0. The van der Waals surface area contributed by atoms with Crippen LogP contribution >= 0.6 is 24.0 Å². The van der Waals surface area contributed by atoms with Crippen LogP contribution in [-0.4, -0.2) is 35.3 Å². The molecule has 0 radical (unpaired) electrons. The van der Waals surface area contributed by atoms with Gasteiger partial charge in [0.2, 0.25) is 0 Å². The second-order valence-corrected chi connectivity index (χ2v) is 6.10. The summed E-state index contributed by atoms with van der Waals surface area (Å²) in [5.41, 5.74) is 3.38. The van der Waals surface area contributed by atoms with Gasteiger partial charge in [0, 0.05) is 19.2 Å². The van der Waals surface area contributed by atoms with Crippen LogP contribution in [-0.2, 0) is 13.1 Å². The van der Waals surface area contributed by atoms with Crippen LogP contribution in [0.3, 0.4) is 0 Å². The fourth-order valence-electron chi connectivity index (χ4n) is 2.64. The lowest BCUT2D eigenvalue weighted by molar-refractivity contribution is 0.415. The van der Waals surface area contributed by atoms with E-state index in [1.165, 1.54) is 11.1 Å². The number of H-pyrrole nitrogens is 1. The van der Waals surface area contributed by atoms with E-state index in [1.54, 1.807) is 14.2 Å². The van der Waals surface area contributed by atoms with Crippen molar-refractivity contribution in [3.05, 3.63) is 65.5 Å². The summed E-state index contributed by atoms with van der Waals surface area (Å²) in [6.45, 7) is 3.28. The van der Waals surface area contributed by atoms with Crippen LogP contribution in [0.25, 0.3) is 11.4 Å². The Morgan fingerprint density at radius 2 is 1.86 bits per heavy atom. The van der Waals surface area contributed by atoms with Gasteiger partial charge >= 0.3 is 0 Å². The molecule has 3 aromatic rings. The van der Waals surface area contributed by atoms with Gasteiger partial charge in [-0.1, -0.05) is 29.8 Å². The van der Waals surface area contributed by atoms with Crippen molar-refractivity contribution in [2.75, 3.05) is 14.2 Å². The van der Waals surface area contributed by atoms with Crippen LogP contribution in [0.15, 0.2) is 53.5 Å². The number of nitrogens with zero attached hydrogens (tertiary/aromatic N) is 3. The largest absolute Gasteiger partial charge is 0.497 e. The summed E-state index contributed by atoms with van der Waals surface area (Å²) in [5.74, 6) is 2.90. The molecule has 0 atom stereocenters. The Morgan fingerprint density at radius 3 is 2.54 bits per heavy atom. The van der Waals surface area contributed by atoms with Crippen molar-refractivity contribution < 1.29 is 4.74 Å². The monoisotopic (exact) mass is 492 g/mol. The molecule has 1 aromatic heterocycles. The van der Waals surface area contributed by atoms with E-state index in [0.29, 0.717) is 24.9 Å². The predicted octanol–water partition coefficient (Wildman–Crippen LogP) is 3.27. The van der Waals surface area contributed by atoms with E-state index in [0.717, 1.165) is 17.1 Å². The van der Waals surface area contributed by atoms with Crippen LogP contribution in [0.1, 0.15) is 17.0 Å². The molecule has 28 heavy (non-hydrogen) atoms. The summed E-state index contributed by atoms with van der Waals surface area (Å²) in [4.78, 5) is 8.76. The lowest BCUT2D eigenvalue weighted by Crippen LogP contribution is -2.36. The Labute approximate surface area is 182 Å². The van der Waals surface area contributed by atoms with Crippen molar-refractivity contribution in [1.82, 2.24) is 25.8 Å². The topological polar surface area (TPSA) is 87.2 Å². The second-order valence-electron chi connectivity index (χ2n) is 6.10. The van der Waals surface area contributed by atoms with Gasteiger partial charge in [-0.25, -0.2) is 4.98 Å². The summed E-state index contributed by atoms with van der Waals surface area (Å²) in [5, 5.41) is 13.8. The quantitative estimate of drug-likeness (QED) is 0.280. The molecule has 0 amide bonds. The second kappa shape index (κ2) is 10.6. The molecule has 0 spiro atoms. The highest BCUT2D eigenvalue weighted by Gasteiger charge is 2.07. The van der Waals surface area contributed by atoms with Gasteiger partial charge in [-0.2, -0.15) is 5.10 Å². The number of ether oxygens (including phenoxy) is 1. The molecule has 1 heterocycles. The van der Waals surface area contributed by atoms with E-state index < -0.39 is 0 Å². The van der Waals surface area contributed by atoms with Gasteiger partial charge in [-0.05, 0) is 36.8 Å². The highest BCUT2D eigenvalue weighted by molar-refractivity contribution is 14.0. The zero-order chi connectivity index (χ0) is 19.1. The summed E-state index contributed by atoms with van der Waals surface area (Å²) >= 11 is 0. The van der Waals surface area contributed by atoms with Gasteiger partial charge in [0.15, 0.2) is 11.8 Å². The van der Waals surface area contributed by atoms with Gasteiger partial charge in [0.1, 0.15) is 11.6 Å². The Bertz CT molecular complexity index is 907. The number of hydrogen-bond acceptors (Lipinski definition) is 4. The average molecular weight is 492 g/mol. The number of aryl methyl sites for hydroxylation is 1. The van der Waals surface area contributed by atoms with Gasteiger partial charge in [-0.3, -0.25) is 10.1 Å². The molecular formula is C20H25IN6O. The number of aliphatic imine (C=N–C) groups is 1. The number of benzene rings is 2. The van der Waals surface area contributed by atoms with Gasteiger partial charge in [-0.15, -0.1) is 24.0 Å². The number of aromatic amines is 1. The molecule has 0 fully saturated rings. The molecule has 0 aliphatic heterocycles. The fraction of sp³-hybridized carbons (Fsp3) is 0.250. The summed E-state index contributed by atoms with van der Waals surface area (Å²) < 4.78 is 5.17. The Kier molecular flexibility index (Phi) is 8.24. The number of aromatic nitrogens is 3. The smallest absolute Gasteiger partial charge is 0.191 e. The number of guanidine groups is 1. The molecular weight excluding hydrogens is 467 g/mol. The normalized spacial score (nSPS) is 10.9. The van der Waals surface area contributed by atoms with Crippen molar-refractivity contribution in [2.45, 2.75) is 20.0 Å². The van der Waals surface area contributed by atoms with Crippen LogP contribution in [0.5, 0.6) is 5.75 Å². The molecule has 8 heteroatoms. The first kappa shape index (κ1) is 21.7. The van der Waals surface area contributed by atoms with Gasteiger partial charge < -0.3 is 15.4 Å². The molecule has 0 unspecified atom stereocenters. The first-order valence-electron chi connectivity index (χ1n) is 8.73. The predicted molar refractivity (Wildman–Crippen MR) is 122 cm³/mol. The third kappa shape index (κ3) is 5.95. The van der Waals surface area contributed by atoms with Crippen LogP contribution in [0.2, 0.25) is 0 Å². The third-order valence-corrected chi connectivity index (χ3v) is 4.07. The van der Waals surface area contributed by atoms with Crippen LogP contribution < -0.4 is 15.4 Å². The maximum absolute atomic E-state index is 5.17. The SMILES string of the molecule is CN=C(NCc1cccc(C)c1)NCc1nc(-c2ccc(OC)cc2)n[nH]1.I. The lowest BCUT2D eigenvalue weighted by atomic mass is 10.1. The van der Waals surface area contributed by atoms with E-state index in [-0.39, 0.29) is 24.0 Å². The first-order chi connectivity index (χ1) is 13.2. The lowest BCUT2D eigenvalue weighted by Gasteiger charge is -2.11. The van der Waals surface area contributed by atoms with E-state index in [4.69, 9.17) is 4.74 Å².